The second-order valence-corrected chi connectivity index (χ2v) is 5.58. The largest absolute Gasteiger partial charge is 0.394 e. The minimum absolute atomic E-state index is 0.0684. The molecule has 1 aliphatic carbocycles. The Labute approximate surface area is 113 Å². The minimum atomic E-state index is -0.340. The summed E-state index contributed by atoms with van der Waals surface area (Å²) in [6, 6.07) is 3.68. The van der Waals surface area contributed by atoms with Gasteiger partial charge in [-0.2, -0.15) is 5.26 Å². The second-order valence-electron chi connectivity index (χ2n) is 5.58. The lowest BCUT2D eigenvalue weighted by molar-refractivity contribution is 0.154. The van der Waals surface area contributed by atoms with Gasteiger partial charge in [0, 0.05) is 5.69 Å². The summed E-state index contributed by atoms with van der Waals surface area (Å²) in [7, 11) is 0. The Hall–Kier alpha value is -1.67. The van der Waals surface area contributed by atoms with Crippen molar-refractivity contribution >= 4 is 5.95 Å². The van der Waals surface area contributed by atoms with Crippen molar-refractivity contribution in [1.82, 2.24) is 9.97 Å². The van der Waals surface area contributed by atoms with Gasteiger partial charge in [0.25, 0.3) is 0 Å². The first kappa shape index (κ1) is 13.8. The van der Waals surface area contributed by atoms with Gasteiger partial charge in [0.15, 0.2) is 0 Å². The average molecular weight is 260 g/mol. The Morgan fingerprint density at radius 1 is 1.47 bits per heavy atom. The molecule has 0 radical (unpaired) electrons. The number of aliphatic hydroxyl groups is 1. The standard InChI is InChI=1S/C14H20N4O/c1-10-3-5-14(9-19,6-4-10)18-13-16-11(2)7-12(8-15)17-13/h7,10,19H,3-6,9H2,1-2H3,(H,16,17,18). The second kappa shape index (κ2) is 5.54. The molecule has 0 aromatic carbocycles. The molecule has 0 aliphatic heterocycles. The van der Waals surface area contributed by atoms with Crippen LogP contribution in [0.25, 0.3) is 0 Å². The molecule has 1 fully saturated rings. The minimum Gasteiger partial charge on any atom is -0.394 e. The normalized spacial score (nSPS) is 26.7. The SMILES string of the molecule is Cc1cc(C#N)nc(NC2(CO)CCC(C)CC2)n1. The van der Waals surface area contributed by atoms with Crippen LogP contribution in [0.1, 0.15) is 44.0 Å². The average Bonchev–Trinajstić information content (AvgIpc) is 2.41. The predicted molar refractivity (Wildman–Crippen MR) is 72.6 cm³/mol. The van der Waals surface area contributed by atoms with E-state index in [0.29, 0.717) is 17.6 Å². The molecule has 2 N–H and O–H groups in total. The first-order chi connectivity index (χ1) is 9.07. The van der Waals surface area contributed by atoms with Crippen LogP contribution in [0.3, 0.4) is 0 Å². The summed E-state index contributed by atoms with van der Waals surface area (Å²) in [4.78, 5) is 8.47. The zero-order chi connectivity index (χ0) is 13.9. The molecule has 1 aromatic rings. The van der Waals surface area contributed by atoms with Crippen LogP contribution >= 0.6 is 0 Å². The maximum absolute atomic E-state index is 9.70. The molecule has 5 nitrogen and oxygen atoms in total. The molecule has 0 unspecified atom stereocenters. The van der Waals surface area contributed by atoms with Crippen LogP contribution < -0.4 is 5.32 Å². The highest BCUT2D eigenvalue weighted by atomic mass is 16.3. The fourth-order valence-electron chi connectivity index (χ4n) is 2.56. The van der Waals surface area contributed by atoms with Gasteiger partial charge in [-0.05, 0) is 44.6 Å². The Kier molecular flexibility index (Phi) is 4.01. The molecule has 1 aliphatic rings. The summed E-state index contributed by atoms with van der Waals surface area (Å²) in [6.07, 6.45) is 3.99. The van der Waals surface area contributed by atoms with Crippen LogP contribution in [0.15, 0.2) is 6.07 Å². The number of nitriles is 1. The monoisotopic (exact) mass is 260 g/mol. The molecule has 1 heterocycles. The molecule has 0 amide bonds. The van der Waals surface area contributed by atoms with Crippen molar-refractivity contribution < 1.29 is 5.11 Å². The number of hydrogen-bond donors (Lipinski definition) is 2. The highest BCUT2D eigenvalue weighted by Gasteiger charge is 2.34. The van der Waals surface area contributed by atoms with Gasteiger partial charge >= 0.3 is 0 Å². The van der Waals surface area contributed by atoms with Gasteiger partial charge in [-0.3, -0.25) is 0 Å². The molecule has 0 bridgehead atoms. The number of nitrogens with one attached hydrogen (secondary N) is 1. The summed E-state index contributed by atoms with van der Waals surface area (Å²) in [5.74, 6) is 1.15. The summed E-state index contributed by atoms with van der Waals surface area (Å²) in [5.41, 5.74) is 0.770. The van der Waals surface area contributed by atoms with E-state index >= 15 is 0 Å². The van der Waals surface area contributed by atoms with E-state index in [1.165, 1.54) is 0 Å². The number of nitrogens with zero attached hydrogens (tertiary/aromatic N) is 3. The third kappa shape index (κ3) is 3.21. The molecule has 0 saturated heterocycles. The van der Waals surface area contributed by atoms with Crippen LogP contribution in [0.5, 0.6) is 0 Å². The third-order valence-electron chi connectivity index (χ3n) is 3.88. The van der Waals surface area contributed by atoms with Crippen molar-refractivity contribution in [2.75, 3.05) is 11.9 Å². The molecule has 0 atom stereocenters. The highest BCUT2D eigenvalue weighted by molar-refractivity contribution is 5.36. The zero-order valence-corrected chi connectivity index (χ0v) is 11.5. The van der Waals surface area contributed by atoms with Crippen LogP contribution in [-0.2, 0) is 0 Å². The molecular formula is C14H20N4O. The van der Waals surface area contributed by atoms with E-state index in [1.807, 2.05) is 13.0 Å². The Balaban J connectivity index is 2.19. The fraction of sp³-hybridized carbons (Fsp3) is 0.643. The Morgan fingerprint density at radius 2 is 2.16 bits per heavy atom. The van der Waals surface area contributed by atoms with E-state index in [-0.39, 0.29) is 12.1 Å². The van der Waals surface area contributed by atoms with Gasteiger partial charge in [0.05, 0.1) is 12.1 Å². The van der Waals surface area contributed by atoms with Gasteiger partial charge in [0.1, 0.15) is 11.8 Å². The summed E-state index contributed by atoms with van der Waals surface area (Å²) in [5, 5.41) is 21.9. The Morgan fingerprint density at radius 3 is 2.74 bits per heavy atom. The van der Waals surface area contributed by atoms with Crippen molar-refractivity contribution in [3.05, 3.63) is 17.5 Å². The van der Waals surface area contributed by atoms with Crippen molar-refractivity contribution in [1.29, 1.82) is 5.26 Å². The van der Waals surface area contributed by atoms with E-state index < -0.39 is 0 Å². The van der Waals surface area contributed by atoms with Crippen molar-refractivity contribution in [3.63, 3.8) is 0 Å². The zero-order valence-electron chi connectivity index (χ0n) is 11.5. The van der Waals surface area contributed by atoms with Crippen LogP contribution in [0.4, 0.5) is 5.95 Å². The van der Waals surface area contributed by atoms with E-state index in [1.54, 1.807) is 6.07 Å². The molecular weight excluding hydrogens is 240 g/mol. The number of aromatic nitrogens is 2. The molecule has 102 valence electrons. The van der Waals surface area contributed by atoms with E-state index in [9.17, 15) is 5.11 Å². The number of aliphatic hydroxyl groups excluding tert-OH is 1. The van der Waals surface area contributed by atoms with Crippen molar-refractivity contribution in [2.45, 2.75) is 45.1 Å². The summed E-state index contributed by atoms with van der Waals surface area (Å²) >= 11 is 0. The summed E-state index contributed by atoms with van der Waals surface area (Å²) in [6.45, 7) is 4.14. The number of hydrogen-bond acceptors (Lipinski definition) is 5. The maximum Gasteiger partial charge on any atom is 0.224 e. The first-order valence-corrected chi connectivity index (χ1v) is 6.72. The van der Waals surface area contributed by atoms with E-state index in [0.717, 1.165) is 31.4 Å². The van der Waals surface area contributed by atoms with Gasteiger partial charge in [-0.1, -0.05) is 6.92 Å². The third-order valence-corrected chi connectivity index (χ3v) is 3.88. The quantitative estimate of drug-likeness (QED) is 0.868. The topological polar surface area (TPSA) is 81.8 Å². The molecule has 19 heavy (non-hydrogen) atoms. The summed E-state index contributed by atoms with van der Waals surface area (Å²) < 4.78 is 0. The number of aryl methyl sites for hydroxylation is 1. The number of rotatable bonds is 3. The predicted octanol–water partition coefficient (Wildman–Crippen LogP) is 2.01. The van der Waals surface area contributed by atoms with Crippen molar-refractivity contribution in [3.8, 4) is 6.07 Å². The van der Waals surface area contributed by atoms with Crippen molar-refractivity contribution in [2.24, 2.45) is 5.92 Å². The molecule has 5 heteroatoms. The first-order valence-electron chi connectivity index (χ1n) is 6.72. The van der Waals surface area contributed by atoms with Crippen LogP contribution in [-0.4, -0.2) is 27.2 Å². The molecule has 2 rings (SSSR count). The maximum atomic E-state index is 9.70. The lowest BCUT2D eigenvalue weighted by Gasteiger charge is -2.38. The van der Waals surface area contributed by atoms with E-state index in [4.69, 9.17) is 5.26 Å². The van der Waals surface area contributed by atoms with Crippen LogP contribution in [0, 0.1) is 24.2 Å². The molecule has 1 aromatic heterocycles. The lowest BCUT2D eigenvalue weighted by Crippen LogP contribution is -2.45. The molecule has 0 spiro atoms. The van der Waals surface area contributed by atoms with Gasteiger partial charge in [0.2, 0.25) is 5.95 Å². The van der Waals surface area contributed by atoms with Gasteiger partial charge in [-0.15, -0.1) is 0 Å². The highest BCUT2D eigenvalue weighted by Crippen LogP contribution is 2.33. The van der Waals surface area contributed by atoms with Crippen LogP contribution in [0.2, 0.25) is 0 Å². The van der Waals surface area contributed by atoms with E-state index in [2.05, 4.69) is 22.2 Å². The Bertz CT molecular complexity index is 487. The van der Waals surface area contributed by atoms with Gasteiger partial charge < -0.3 is 10.4 Å². The van der Waals surface area contributed by atoms with Gasteiger partial charge in [-0.25, -0.2) is 9.97 Å². The fourth-order valence-corrected chi connectivity index (χ4v) is 2.56. The molecule has 1 saturated carbocycles. The number of anilines is 1. The lowest BCUT2D eigenvalue weighted by atomic mass is 9.77. The smallest absolute Gasteiger partial charge is 0.224 e.